The zero-order valence-electron chi connectivity index (χ0n) is 18.5. The van der Waals surface area contributed by atoms with Gasteiger partial charge in [-0.3, -0.25) is 0 Å². The van der Waals surface area contributed by atoms with Gasteiger partial charge in [0, 0.05) is 0 Å². The summed E-state index contributed by atoms with van der Waals surface area (Å²) in [6, 6.07) is 36.0. The molecule has 4 aromatic rings. The van der Waals surface area contributed by atoms with Gasteiger partial charge in [0.25, 0.3) is 0 Å². The van der Waals surface area contributed by atoms with E-state index in [0.717, 1.165) is 4.18 Å². The Morgan fingerprint density at radius 2 is 0.818 bits per heavy atom. The van der Waals surface area contributed by atoms with Crippen molar-refractivity contribution in [1.29, 1.82) is 0 Å². The summed E-state index contributed by atoms with van der Waals surface area (Å²) < 4.78 is 1.75. The molecular formula is C28H27Cl3HfSi. The van der Waals surface area contributed by atoms with Gasteiger partial charge < -0.3 is 0 Å². The van der Waals surface area contributed by atoms with Crippen LogP contribution < -0.4 is 0 Å². The Kier molecular flexibility index (Phi) is 6.66. The minimum Gasteiger partial charge on any atom is -0.147 e. The molecule has 0 atom stereocenters. The van der Waals surface area contributed by atoms with Crippen LogP contribution in [-0.2, 0) is 15.9 Å². The second-order valence-electron chi connectivity index (χ2n) is 9.29. The van der Waals surface area contributed by atoms with Crippen LogP contribution in [0.25, 0.3) is 22.3 Å². The van der Waals surface area contributed by atoms with E-state index in [-0.39, 0.29) is 24.8 Å². The Balaban J connectivity index is 0.00000130. The summed E-state index contributed by atoms with van der Waals surface area (Å²) in [5.41, 5.74) is 11.3. The molecule has 0 N–H and O–H groups in total. The zero-order chi connectivity index (χ0) is 21.2. The van der Waals surface area contributed by atoms with Crippen LogP contribution in [0.2, 0.25) is 4.18 Å². The summed E-state index contributed by atoms with van der Waals surface area (Å²) in [5.74, 6) is 0. The number of hydrogen-bond acceptors (Lipinski definition) is 0. The summed E-state index contributed by atoms with van der Waals surface area (Å²) in [5, 5.41) is 0. The van der Waals surface area contributed by atoms with E-state index in [1.165, 1.54) is 44.5 Å². The van der Waals surface area contributed by atoms with E-state index in [4.69, 9.17) is 8.58 Å². The van der Waals surface area contributed by atoms with Crippen LogP contribution in [0.15, 0.2) is 97.1 Å². The van der Waals surface area contributed by atoms with Gasteiger partial charge in [0.05, 0.1) is 0 Å². The molecule has 0 saturated carbocycles. The molecule has 0 aromatic heterocycles. The van der Waals surface area contributed by atoms with Crippen molar-refractivity contribution in [2.24, 2.45) is 0 Å². The van der Waals surface area contributed by atoms with Crippen molar-refractivity contribution < 1.29 is 15.9 Å². The average molecular weight is 676 g/mol. The second-order valence-corrected chi connectivity index (χ2v) is 53.6. The maximum absolute atomic E-state index is 8.33. The minimum absolute atomic E-state index is 0. The van der Waals surface area contributed by atoms with Gasteiger partial charge in [-0.05, 0) is 0 Å². The average Bonchev–Trinajstić information content (AvgIpc) is 3.34. The predicted molar refractivity (Wildman–Crippen MR) is 147 cm³/mol. The van der Waals surface area contributed by atoms with Crippen molar-refractivity contribution in [3.8, 4) is 22.3 Å². The Hall–Kier alpha value is -1.16. The fourth-order valence-corrected chi connectivity index (χ4v) is 35.7. The van der Waals surface area contributed by atoms with Crippen LogP contribution in [0, 0.1) is 0 Å². The standard InChI is InChI=1S/2C13H9.C2H5.3ClH.Hf.H2Si/c2*1-3-7-12-10(5-1)9-11-6-2-4-8-13(11)12;1-2;;;;;/h2*1-9H;1H2,2H3;3*1H;;1H2/q;;;;;;+1;/p-1. The molecule has 0 nitrogen and oxygen atoms in total. The van der Waals surface area contributed by atoms with Gasteiger partial charge in [0.2, 0.25) is 0 Å². The van der Waals surface area contributed by atoms with Gasteiger partial charge in [-0.1, -0.05) is 0 Å². The van der Waals surface area contributed by atoms with Gasteiger partial charge in [-0.15, -0.1) is 24.8 Å². The fourth-order valence-electron chi connectivity index (χ4n) is 6.36. The third kappa shape index (κ3) is 3.40. The number of benzene rings is 4. The van der Waals surface area contributed by atoms with Crippen LogP contribution in [0.3, 0.4) is 0 Å². The van der Waals surface area contributed by atoms with Crippen molar-refractivity contribution in [3.63, 3.8) is 0 Å². The second kappa shape index (κ2) is 8.81. The summed E-state index contributed by atoms with van der Waals surface area (Å²) in [6.45, 7) is 4.61. The molecule has 2 aliphatic rings. The SMILES string of the molecule is C[CH2][Hf](=[SiH2])([Cl])([CH]1c2ccccc2-c2ccccc21)[CH]1c2ccccc2-c2ccccc21.Cl.Cl. The minimum atomic E-state index is -4.20. The van der Waals surface area contributed by atoms with Gasteiger partial charge in [-0.2, -0.15) is 0 Å². The molecule has 6 rings (SSSR count). The smallest absolute Gasteiger partial charge is 0.147 e. The predicted octanol–water partition coefficient (Wildman–Crippen LogP) is 8.20. The molecule has 168 valence electrons. The van der Waals surface area contributed by atoms with Crippen molar-refractivity contribution in [3.05, 3.63) is 119 Å². The van der Waals surface area contributed by atoms with Crippen molar-refractivity contribution >= 4 is 40.3 Å². The Bertz CT molecular complexity index is 1240. The summed E-state index contributed by atoms with van der Waals surface area (Å²) in [7, 11) is 8.33. The summed E-state index contributed by atoms with van der Waals surface area (Å²) in [4.78, 5) is 0. The van der Waals surface area contributed by atoms with E-state index in [9.17, 15) is 0 Å². The Labute approximate surface area is 214 Å². The molecule has 0 saturated heterocycles. The summed E-state index contributed by atoms with van der Waals surface area (Å²) in [6.07, 6.45) is 0. The van der Waals surface area contributed by atoms with Crippen molar-refractivity contribution in [2.75, 3.05) is 0 Å². The number of halogens is 3. The quantitative estimate of drug-likeness (QED) is 0.192. The summed E-state index contributed by atoms with van der Waals surface area (Å²) >= 11 is -4.20. The molecular weight excluding hydrogens is 649 g/mol. The largest absolute Gasteiger partial charge is 0.147 e. The molecule has 0 aliphatic heterocycles. The Morgan fingerprint density at radius 3 is 1.06 bits per heavy atom. The molecule has 0 amide bonds. The topological polar surface area (TPSA) is 0 Å². The molecule has 0 heterocycles. The third-order valence-corrected chi connectivity index (χ3v) is 44.4. The molecule has 0 bridgehead atoms. The van der Waals surface area contributed by atoms with Crippen molar-refractivity contribution in [2.45, 2.75) is 18.5 Å². The van der Waals surface area contributed by atoms with E-state index in [1.807, 2.05) is 0 Å². The molecule has 5 heteroatoms. The fraction of sp³-hybridized carbons (Fsp3) is 0.143. The monoisotopic (exact) mass is 676 g/mol. The van der Waals surface area contributed by atoms with E-state index < -0.39 is 15.9 Å². The van der Waals surface area contributed by atoms with E-state index in [1.54, 1.807) is 0 Å². The molecule has 33 heavy (non-hydrogen) atoms. The van der Waals surface area contributed by atoms with Gasteiger partial charge in [-0.25, -0.2) is 0 Å². The van der Waals surface area contributed by atoms with E-state index >= 15 is 0 Å². The molecule has 2 aliphatic carbocycles. The van der Waals surface area contributed by atoms with Crippen LogP contribution in [0.5, 0.6) is 0 Å². The van der Waals surface area contributed by atoms with Crippen LogP contribution in [0.4, 0.5) is 0 Å². The molecule has 0 fully saturated rings. The zero-order valence-corrected chi connectivity index (χ0v) is 25.9. The number of rotatable bonds is 3. The first-order chi connectivity index (χ1) is 15.0. The van der Waals surface area contributed by atoms with Crippen LogP contribution in [-0.4, -0.2) is 6.94 Å². The van der Waals surface area contributed by atoms with Gasteiger partial charge in [0.1, 0.15) is 0 Å². The molecule has 0 spiro atoms. The molecule has 0 unspecified atom stereocenters. The molecule has 4 aromatic carbocycles. The van der Waals surface area contributed by atoms with Crippen molar-refractivity contribution in [1.82, 2.24) is 0 Å². The molecule has 0 radical (unpaired) electrons. The van der Waals surface area contributed by atoms with Gasteiger partial charge in [0.15, 0.2) is 0 Å². The third-order valence-electron chi connectivity index (χ3n) is 7.83. The number of hydrogen-bond donors (Lipinski definition) is 0. The normalized spacial score (nSPS) is 14.4. The van der Waals surface area contributed by atoms with Crippen LogP contribution >= 0.6 is 33.4 Å². The van der Waals surface area contributed by atoms with Gasteiger partial charge >= 0.3 is 191 Å². The maximum atomic E-state index is 8.33. The first-order valence-electron chi connectivity index (χ1n) is 11.1. The van der Waals surface area contributed by atoms with E-state index in [2.05, 4.69) is 111 Å². The van der Waals surface area contributed by atoms with Crippen LogP contribution in [0.1, 0.15) is 36.5 Å². The maximum Gasteiger partial charge on any atom is -0.147 e. The Morgan fingerprint density at radius 1 is 0.576 bits per heavy atom. The number of fused-ring (bicyclic) bond motifs is 6. The van der Waals surface area contributed by atoms with E-state index in [0.29, 0.717) is 7.35 Å². The first kappa shape index (κ1) is 24.9. The first-order valence-corrected chi connectivity index (χ1v) is 30.6.